The van der Waals surface area contributed by atoms with Crippen molar-refractivity contribution in [1.29, 1.82) is 0 Å². The molecule has 5 aromatic rings. The number of hydrogen-bond acceptors (Lipinski definition) is 4. The van der Waals surface area contributed by atoms with E-state index in [1.54, 1.807) is 22.7 Å². The molecule has 0 radical (unpaired) electrons. The zero-order chi connectivity index (χ0) is 25.6. The van der Waals surface area contributed by atoms with Gasteiger partial charge in [0.1, 0.15) is 0 Å². The van der Waals surface area contributed by atoms with Crippen molar-refractivity contribution in [2.45, 2.75) is 41.5 Å². The number of hydrogen-bond donors (Lipinski definition) is 0. The van der Waals surface area contributed by atoms with Gasteiger partial charge in [-0.25, -0.2) is 0 Å². The van der Waals surface area contributed by atoms with Crippen LogP contribution in [0.4, 0.5) is 22.7 Å². The second-order valence-corrected chi connectivity index (χ2v) is 12.2. The second-order valence-electron chi connectivity index (χ2n) is 10.7. The average Bonchev–Trinajstić information content (AvgIpc) is 3.51. The fraction of sp³-hybridized carbons (Fsp3) is 0.188. The van der Waals surface area contributed by atoms with Crippen molar-refractivity contribution in [3.05, 3.63) is 97.4 Å². The van der Waals surface area contributed by atoms with Crippen molar-refractivity contribution in [1.82, 2.24) is 0 Å². The molecule has 0 fully saturated rings. The maximum absolute atomic E-state index is 2.64. The zero-order valence-corrected chi connectivity index (χ0v) is 23.8. The first-order valence-electron chi connectivity index (χ1n) is 12.9. The highest BCUT2D eigenvalue weighted by atomic mass is 32.1. The van der Waals surface area contributed by atoms with Gasteiger partial charge in [0.25, 0.3) is 0 Å². The van der Waals surface area contributed by atoms with E-state index in [4.69, 9.17) is 0 Å². The van der Waals surface area contributed by atoms with Gasteiger partial charge < -0.3 is 9.62 Å². The second kappa shape index (κ2) is 8.11. The normalized spacial score (nSPS) is 13.5. The van der Waals surface area contributed by atoms with Gasteiger partial charge in [-0.15, -0.1) is 22.7 Å². The minimum absolute atomic E-state index is 0.0237. The molecule has 2 aliphatic rings. The summed E-state index contributed by atoms with van der Waals surface area (Å²) in [6.45, 7) is 13.5. The standard InChI is InChI=1S/C32H29BN2S2/c1-18-10-20(3)31(21(4)11-18)34-28-16-36-14-26(28)24-8-7-9-25-27-15-37-17-29(27)35(33(34)30(24)25)32-22(5)12-19(2)13-23(32)6/h7-17H,1-6H3. The van der Waals surface area contributed by atoms with E-state index in [-0.39, 0.29) is 6.98 Å². The fourth-order valence-electron chi connectivity index (χ4n) is 6.90. The highest BCUT2D eigenvalue weighted by molar-refractivity contribution is 7.10. The summed E-state index contributed by atoms with van der Waals surface area (Å²) in [7, 11) is 0. The number of fused-ring (bicyclic) bond motifs is 4. The Kier molecular flexibility index (Phi) is 5.02. The van der Waals surface area contributed by atoms with E-state index in [0.29, 0.717) is 0 Å². The summed E-state index contributed by atoms with van der Waals surface area (Å²) in [5, 5.41) is 9.37. The smallest absolute Gasteiger partial charge is 0.360 e. The predicted molar refractivity (Wildman–Crippen MR) is 164 cm³/mol. The third kappa shape index (κ3) is 3.17. The average molecular weight is 517 g/mol. The monoisotopic (exact) mass is 516 g/mol. The van der Waals surface area contributed by atoms with Gasteiger partial charge in [-0.2, -0.15) is 0 Å². The van der Waals surface area contributed by atoms with Crippen LogP contribution in [0.5, 0.6) is 0 Å². The molecular weight excluding hydrogens is 487 g/mol. The van der Waals surface area contributed by atoms with Crippen molar-refractivity contribution in [2.75, 3.05) is 9.62 Å². The Morgan fingerprint density at radius 3 is 1.35 bits per heavy atom. The van der Waals surface area contributed by atoms with Gasteiger partial charge >= 0.3 is 6.98 Å². The molecule has 0 saturated carbocycles. The van der Waals surface area contributed by atoms with Gasteiger partial charge in [0.2, 0.25) is 0 Å². The molecule has 4 heterocycles. The van der Waals surface area contributed by atoms with Crippen LogP contribution in [0.15, 0.2) is 64.0 Å². The van der Waals surface area contributed by atoms with Gasteiger partial charge in [0.05, 0.1) is 0 Å². The van der Waals surface area contributed by atoms with Gasteiger partial charge in [-0.05, 0) is 80.4 Å². The molecule has 2 aromatic heterocycles. The van der Waals surface area contributed by atoms with Gasteiger partial charge in [0.15, 0.2) is 0 Å². The number of nitrogens with zero attached hydrogens (tertiary/aromatic N) is 2. The first-order chi connectivity index (χ1) is 17.8. The number of anilines is 4. The largest absolute Gasteiger partial charge is 0.422 e. The first kappa shape index (κ1) is 22.9. The Bertz CT molecular complexity index is 1560. The predicted octanol–water partition coefficient (Wildman–Crippen LogP) is 8.99. The van der Waals surface area contributed by atoms with Crippen LogP contribution in [0.25, 0.3) is 22.3 Å². The van der Waals surface area contributed by atoms with Crippen LogP contribution in [0.3, 0.4) is 0 Å². The van der Waals surface area contributed by atoms with Crippen molar-refractivity contribution in [2.24, 2.45) is 0 Å². The van der Waals surface area contributed by atoms with Crippen LogP contribution in [0.1, 0.15) is 33.4 Å². The molecule has 0 unspecified atom stereocenters. The molecule has 0 N–H and O–H groups in total. The molecule has 0 spiro atoms. The van der Waals surface area contributed by atoms with Crippen molar-refractivity contribution in [3.8, 4) is 22.3 Å². The van der Waals surface area contributed by atoms with E-state index >= 15 is 0 Å². The minimum atomic E-state index is 0.0237. The van der Waals surface area contributed by atoms with E-state index in [1.807, 2.05) is 0 Å². The summed E-state index contributed by atoms with van der Waals surface area (Å²) in [5.74, 6) is 0. The van der Waals surface area contributed by atoms with Gasteiger partial charge in [-0.3, -0.25) is 0 Å². The van der Waals surface area contributed by atoms with Crippen LogP contribution >= 0.6 is 22.7 Å². The lowest BCUT2D eigenvalue weighted by molar-refractivity contribution is 1.20. The molecule has 2 nitrogen and oxygen atoms in total. The summed E-state index contributed by atoms with van der Waals surface area (Å²) in [4.78, 5) is 5.28. The Morgan fingerprint density at radius 1 is 0.541 bits per heavy atom. The highest BCUT2D eigenvalue weighted by Crippen LogP contribution is 2.52. The van der Waals surface area contributed by atoms with Crippen LogP contribution in [0.2, 0.25) is 0 Å². The lowest BCUT2D eigenvalue weighted by Gasteiger charge is -2.47. The van der Waals surface area contributed by atoms with Crippen LogP contribution in [0, 0.1) is 41.5 Å². The maximum Gasteiger partial charge on any atom is 0.422 e. The van der Waals surface area contributed by atoms with Crippen LogP contribution in [-0.4, -0.2) is 6.98 Å². The number of aryl methyl sites for hydroxylation is 6. The lowest BCUT2D eigenvalue weighted by atomic mass is 9.53. The quantitative estimate of drug-likeness (QED) is 0.216. The van der Waals surface area contributed by atoms with Gasteiger partial charge in [0, 0.05) is 55.4 Å². The molecule has 5 heteroatoms. The number of benzene rings is 3. The Balaban J connectivity index is 1.62. The van der Waals surface area contributed by atoms with E-state index in [0.717, 1.165) is 0 Å². The molecule has 0 amide bonds. The Hall–Kier alpha value is -3.28. The first-order valence-corrected chi connectivity index (χ1v) is 14.7. The Labute approximate surface area is 228 Å². The summed E-state index contributed by atoms with van der Waals surface area (Å²) in [6.07, 6.45) is 0. The molecular formula is C32H29BN2S2. The van der Waals surface area contributed by atoms with Crippen molar-refractivity contribution >= 4 is 57.9 Å². The third-order valence-corrected chi connectivity index (χ3v) is 9.45. The molecule has 2 aliphatic heterocycles. The number of rotatable bonds is 2. The summed E-state index contributed by atoms with van der Waals surface area (Å²) in [6, 6.07) is 16.2. The van der Waals surface area contributed by atoms with E-state index < -0.39 is 0 Å². The molecule has 37 heavy (non-hydrogen) atoms. The summed E-state index contributed by atoms with van der Waals surface area (Å²) < 4.78 is 0. The van der Waals surface area contributed by atoms with Crippen molar-refractivity contribution in [3.63, 3.8) is 0 Å². The van der Waals surface area contributed by atoms with Crippen LogP contribution < -0.4 is 15.1 Å². The topological polar surface area (TPSA) is 6.48 Å². The minimum Gasteiger partial charge on any atom is -0.360 e. The molecule has 7 rings (SSSR count). The highest BCUT2D eigenvalue weighted by Gasteiger charge is 2.48. The maximum atomic E-state index is 2.64. The van der Waals surface area contributed by atoms with E-state index in [9.17, 15) is 0 Å². The van der Waals surface area contributed by atoms with Gasteiger partial charge in [-0.1, -0.05) is 53.6 Å². The lowest BCUT2D eigenvalue weighted by Crippen LogP contribution is -2.62. The third-order valence-electron chi connectivity index (χ3n) is 7.99. The molecule has 0 aliphatic carbocycles. The zero-order valence-electron chi connectivity index (χ0n) is 22.1. The molecule has 0 bridgehead atoms. The molecule has 0 atom stereocenters. The van der Waals surface area contributed by atoms with Crippen LogP contribution in [-0.2, 0) is 0 Å². The molecule has 3 aromatic carbocycles. The molecule has 182 valence electrons. The van der Waals surface area contributed by atoms with E-state index in [2.05, 4.69) is 115 Å². The summed E-state index contributed by atoms with van der Waals surface area (Å²) >= 11 is 3.61. The Morgan fingerprint density at radius 2 is 0.946 bits per heavy atom. The number of thiophene rings is 2. The molecule has 0 saturated heterocycles. The SMILES string of the molecule is Cc1cc(C)c(N2B3c4c(cccc4-c4cscc4N3c3c(C)cc(C)cc3C)-c3cscc32)c(C)c1. The van der Waals surface area contributed by atoms with Crippen molar-refractivity contribution < 1.29 is 0 Å². The summed E-state index contributed by atoms with van der Waals surface area (Å²) in [5.41, 5.74) is 20.0. The van der Waals surface area contributed by atoms with E-state index in [1.165, 1.54) is 83.8 Å². The fourth-order valence-corrected chi connectivity index (χ4v) is 8.54.